The van der Waals surface area contributed by atoms with Crippen molar-refractivity contribution < 1.29 is 14.7 Å². The summed E-state index contributed by atoms with van der Waals surface area (Å²) in [5.41, 5.74) is 1.68. The van der Waals surface area contributed by atoms with Gasteiger partial charge in [0, 0.05) is 23.5 Å². The van der Waals surface area contributed by atoms with Crippen molar-refractivity contribution in [1.29, 1.82) is 0 Å². The number of aromatic amines is 1. The molecule has 3 N–H and O–H groups in total. The van der Waals surface area contributed by atoms with E-state index in [0.29, 0.717) is 0 Å². The van der Waals surface area contributed by atoms with Gasteiger partial charge >= 0.3 is 5.97 Å². The number of benzene rings is 1. The number of H-pyrrole nitrogens is 1. The van der Waals surface area contributed by atoms with E-state index < -0.39 is 24.0 Å². The fraction of sp³-hybridized carbons (Fsp3) is 0.375. The minimum atomic E-state index is -1.16. The second-order valence-electron chi connectivity index (χ2n) is 5.76. The van der Waals surface area contributed by atoms with Crippen molar-refractivity contribution in [1.82, 2.24) is 10.3 Å². The van der Waals surface area contributed by atoms with Gasteiger partial charge in [-0.3, -0.25) is 4.79 Å². The molecule has 0 bridgehead atoms. The Bertz CT molecular complexity index is 723. The predicted octanol–water partition coefficient (Wildman–Crippen LogP) is 2.07. The van der Waals surface area contributed by atoms with E-state index in [9.17, 15) is 19.6 Å². The number of fused-ring (bicyclic) bond motifs is 1. The van der Waals surface area contributed by atoms with Crippen molar-refractivity contribution in [2.75, 3.05) is 0 Å². The minimum absolute atomic E-state index is 0.120. The molecule has 1 aromatic heterocycles. The Labute approximate surface area is 133 Å². The number of hydrogen-bond acceptors (Lipinski definition) is 4. The first kappa shape index (κ1) is 16.7. The van der Waals surface area contributed by atoms with Crippen molar-refractivity contribution in [2.45, 2.75) is 32.4 Å². The first-order valence-electron chi connectivity index (χ1n) is 7.34. The lowest BCUT2D eigenvalue weighted by molar-refractivity contribution is -0.142. The fourth-order valence-corrected chi connectivity index (χ4v) is 2.45. The van der Waals surface area contributed by atoms with Gasteiger partial charge in [-0.15, -0.1) is 4.91 Å². The maximum atomic E-state index is 12.0. The van der Waals surface area contributed by atoms with Crippen molar-refractivity contribution >= 4 is 22.8 Å². The molecule has 23 heavy (non-hydrogen) atoms. The predicted molar refractivity (Wildman–Crippen MR) is 86.0 cm³/mol. The molecular weight excluding hydrogens is 298 g/mol. The molecule has 1 aromatic carbocycles. The zero-order valence-corrected chi connectivity index (χ0v) is 12.9. The third-order valence-electron chi connectivity index (χ3n) is 3.73. The molecular formula is C16H19N3O4. The van der Waals surface area contributed by atoms with E-state index in [-0.39, 0.29) is 12.3 Å². The number of amides is 1. The molecule has 2 rings (SSSR count). The standard InChI is InChI=1S/C16H19N3O4/c1-9(2)14(19-23)15(20)18-13(16(21)22)7-10-8-17-12-6-4-3-5-11(10)12/h3-6,8-9,13-14,17H,7H2,1-2H3,(H,18,20)(H,21,22)/t13-,14-/m0/s1. The summed E-state index contributed by atoms with van der Waals surface area (Å²) < 4.78 is 0. The highest BCUT2D eigenvalue weighted by molar-refractivity contribution is 5.88. The topological polar surface area (TPSA) is 112 Å². The Balaban J connectivity index is 2.18. The molecule has 1 heterocycles. The van der Waals surface area contributed by atoms with Gasteiger partial charge in [-0.2, -0.15) is 0 Å². The smallest absolute Gasteiger partial charge is 0.326 e. The molecule has 0 aliphatic heterocycles. The van der Waals surface area contributed by atoms with Crippen LogP contribution in [-0.4, -0.2) is 34.1 Å². The van der Waals surface area contributed by atoms with Gasteiger partial charge in [-0.25, -0.2) is 4.79 Å². The van der Waals surface area contributed by atoms with Crippen LogP contribution in [0.4, 0.5) is 0 Å². The Morgan fingerprint density at radius 1 is 1.30 bits per heavy atom. The van der Waals surface area contributed by atoms with Crippen LogP contribution >= 0.6 is 0 Å². The monoisotopic (exact) mass is 317 g/mol. The van der Waals surface area contributed by atoms with Crippen LogP contribution in [0.1, 0.15) is 19.4 Å². The molecule has 122 valence electrons. The van der Waals surface area contributed by atoms with Crippen LogP contribution in [0.2, 0.25) is 0 Å². The number of aromatic nitrogens is 1. The van der Waals surface area contributed by atoms with E-state index in [0.717, 1.165) is 16.5 Å². The van der Waals surface area contributed by atoms with Gasteiger partial charge in [0.05, 0.1) is 0 Å². The van der Waals surface area contributed by atoms with Crippen LogP contribution in [0, 0.1) is 10.8 Å². The minimum Gasteiger partial charge on any atom is -0.480 e. The van der Waals surface area contributed by atoms with Gasteiger partial charge in [-0.05, 0) is 17.5 Å². The molecule has 7 nitrogen and oxygen atoms in total. The maximum absolute atomic E-state index is 12.0. The van der Waals surface area contributed by atoms with E-state index in [1.165, 1.54) is 0 Å². The normalized spacial score (nSPS) is 13.7. The van der Waals surface area contributed by atoms with E-state index in [1.807, 2.05) is 24.3 Å². The quantitative estimate of drug-likeness (QED) is 0.679. The van der Waals surface area contributed by atoms with E-state index in [4.69, 9.17) is 0 Å². The van der Waals surface area contributed by atoms with Gasteiger partial charge in [0.25, 0.3) is 0 Å². The Kier molecular flexibility index (Phi) is 5.10. The highest BCUT2D eigenvalue weighted by atomic mass is 16.4. The van der Waals surface area contributed by atoms with Gasteiger partial charge in [0.2, 0.25) is 5.91 Å². The van der Waals surface area contributed by atoms with Gasteiger partial charge in [-0.1, -0.05) is 37.2 Å². The summed E-state index contributed by atoms with van der Waals surface area (Å²) >= 11 is 0. The second-order valence-corrected chi connectivity index (χ2v) is 5.76. The molecule has 1 amide bonds. The number of rotatable bonds is 7. The number of carbonyl (C=O) groups excluding carboxylic acids is 1. The Hall–Kier alpha value is -2.70. The molecule has 0 spiro atoms. The fourth-order valence-electron chi connectivity index (χ4n) is 2.45. The highest BCUT2D eigenvalue weighted by Crippen LogP contribution is 2.19. The van der Waals surface area contributed by atoms with Crippen LogP contribution in [-0.2, 0) is 16.0 Å². The summed E-state index contributed by atoms with van der Waals surface area (Å²) in [5.74, 6) is -2.12. The van der Waals surface area contributed by atoms with Crippen LogP contribution < -0.4 is 5.32 Å². The van der Waals surface area contributed by atoms with Crippen molar-refractivity contribution in [3.8, 4) is 0 Å². The molecule has 2 atom stereocenters. The van der Waals surface area contributed by atoms with Gasteiger partial charge < -0.3 is 15.4 Å². The van der Waals surface area contributed by atoms with E-state index >= 15 is 0 Å². The van der Waals surface area contributed by atoms with Crippen LogP contribution in [0.15, 0.2) is 35.6 Å². The average molecular weight is 317 g/mol. The second kappa shape index (κ2) is 7.04. The molecule has 0 radical (unpaired) electrons. The van der Waals surface area contributed by atoms with Crippen molar-refractivity contribution in [3.63, 3.8) is 0 Å². The summed E-state index contributed by atoms with van der Waals surface area (Å²) in [7, 11) is 0. The third kappa shape index (κ3) is 3.74. The number of para-hydroxylation sites is 1. The zero-order valence-electron chi connectivity index (χ0n) is 12.9. The number of carboxylic acids is 1. The van der Waals surface area contributed by atoms with Gasteiger partial charge in [0.15, 0.2) is 6.04 Å². The number of carboxylic acid groups (broad SMARTS) is 1. The Morgan fingerprint density at radius 2 is 2.00 bits per heavy atom. The molecule has 0 aliphatic carbocycles. The first-order valence-corrected chi connectivity index (χ1v) is 7.34. The zero-order chi connectivity index (χ0) is 17.0. The number of hydrogen-bond donors (Lipinski definition) is 3. The maximum Gasteiger partial charge on any atom is 0.326 e. The van der Waals surface area contributed by atoms with Crippen molar-refractivity contribution in [3.05, 3.63) is 40.9 Å². The summed E-state index contributed by atoms with van der Waals surface area (Å²) in [4.78, 5) is 37.3. The van der Waals surface area contributed by atoms with E-state index in [2.05, 4.69) is 15.5 Å². The SMILES string of the molecule is CC(C)[C@H](N=O)C(=O)N[C@@H](Cc1c[nH]c2ccccc12)C(=O)O. The highest BCUT2D eigenvalue weighted by Gasteiger charge is 2.28. The largest absolute Gasteiger partial charge is 0.480 e. The molecule has 0 unspecified atom stereocenters. The number of nitroso groups, excluding NO2 is 1. The van der Waals surface area contributed by atoms with Crippen LogP contribution in [0.5, 0.6) is 0 Å². The summed E-state index contributed by atoms with van der Waals surface area (Å²) in [6.45, 7) is 3.36. The van der Waals surface area contributed by atoms with E-state index in [1.54, 1.807) is 20.0 Å². The molecule has 7 heteroatoms. The number of nitrogens with zero attached hydrogens (tertiary/aromatic N) is 1. The molecule has 0 aliphatic rings. The molecule has 0 saturated heterocycles. The van der Waals surface area contributed by atoms with Crippen LogP contribution in [0.3, 0.4) is 0 Å². The Morgan fingerprint density at radius 3 is 2.61 bits per heavy atom. The lowest BCUT2D eigenvalue weighted by Crippen LogP contribution is -2.47. The number of aliphatic carboxylic acids is 1. The van der Waals surface area contributed by atoms with Crippen molar-refractivity contribution in [2.24, 2.45) is 11.1 Å². The first-order chi connectivity index (χ1) is 10.9. The third-order valence-corrected chi connectivity index (χ3v) is 3.73. The molecule has 0 fully saturated rings. The number of nitrogens with one attached hydrogen (secondary N) is 2. The summed E-state index contributed by atoms with van der Waals surface area (Å²) in [5, 5.41) is 15.4. The summed E-state index contributed by atoms with van der Waals surface area (Å²) in [6, 6.07) is 5.29. The molecule has 2 aromatic rings. The van der Waals surface area contributed by atoms with Gasteiger partial charge in [0.1, 0.15) is 6.04 Å². The lowest BCUT2D eigenvalue weighted by atomic mass is 10.0. The number of carbonyl (C=O) groups is 2. The van der Waals surface area contributed by atoms with Crippen LogP contribution in [0.25, 0.3) is 10.9 Å². The summed E-state index contributed by atoms with van der Waals surface area (Å²) in [6.07, 6.45) is 1.85. The lowest BCUT2D eigenvalue weighted by Gasteiger charge is -2.18. The molecule has 0 saturated carbocycles. The average Bonchev–Trinajstić information content (AvgIpc) is 2.90.